The molecule has 47 heavy (non-hydrogen) atoms. The molecule has 0 unspecified atom stereocenters. The molecule has 6 heterocycles. The Balaban J connectivity index is 0.000000177. The van der Waals surface area contributed by atoms with Crippen molar-refractivity contribution in [2.75, 3.05) is 13.2 Å². The van der Waals surface area contributed by atoms with Gasteiger partial charge in [0.25, 0.3) is 11.8 Å². The van der Waals surface area contributed by atoms with Gasteiger partial charge in [0.15, 0.2) is 29.1 Å². The van der Waals surface area contributed by atoms with Crippen LogP contribution in [0, 0.1) is 11.6 Å². The van der Waals surface area contributed by atoms with Gasteiger partial charge in [0.2, 0.25) is 0 Å². The van der Waals surface area contributed by atoms with Gasteiger partial charge in [-0.05, 0) is 31.9 Å². The third kappa shape index (κ3) is 5.87. The number of carboxylic acid groups (broad SMARTS) is 1. The fourth-order valence-electron chi connectivity index (χ4n) is 6.23. The second-order valence-electron chi connectivity index (χ2n) is 11.8. The van der Waals surface area contributed by atoms with Gasteiger partial charge in [-0.25, -0.2) is 13.6 Å². The molecule has 4 aliphatic rings. The van der Waals surface area contributed by atoms with Crippen molar-refractivity contribution in [2.45, 2.75) is 64.3 Å². The van der Waals surface area contributed by atoms with Crippen molar-refractivity contribution in [3.8, 4) is 0 Å². The number of fused-ring (bicyclic) bond motifs is 4. The molecular formula is C32H30F2N4O9. The molecule has 246 valence electrons. The molecule has 2 aromatic heterocycles. The van der Waals surface area contributed by atoms with E-state index in [2.05, 4.69) is 0 Å². The van der Waals surface area contributed by atoms with Crippen LogP contribution in [0.2, 0.25) is 0 Å². The maximum atomic E-state index is 13.7. The van der Waals surface area contributed by atoms with Gasteiger partial charge >= 0.3 is 5.97 Å². The van der Waals surface area contributed by atoms with Gasteiger partial charge in [0.1, 0.15) is 28.6 Å². The highest BCUT2D eigenvalue weighted by atomic mass is 19.1. The predicted octanol–water partition coefficient (Wildman–Crippen LogP) is 1.89. The van der Waals surface area contributed by atoms with Crippen LogP contribution in [-0.4, -0.2) is 85.4 Å². The molecular weight excluding hydrogens is 622 g/mol. The van der Waals surface area contributed by atoms with Crippen molar-refractivity contribution in [2.24, 2.45) is 0 Å². The lowest BCUT2D eigenvalue weighted by Gasteiger charge is -2.33. The standard InChI is InChI=1S/C20H18F2N2O4.C12H12N2O5/c1-11-10-28-19-9-23-8-14(18(26)7-16(23)20(27)24(11)19)17(25)5-3-12-2-4-13(21)6-15(12)22;1-6-5-19-10-4-13-3-7(12(17)18)9(15)2-8(13)11(16)14(6)10/h2,4,6-8,11,19H,3,5,9-10H2,1H3;2-3,6,10H,4-5H2,1H3,(H,17,18)/t11-,19+;6-,10+/m00/s1. The topological polar surface area (TPSA) is 157 Å². The Labute approximate surface area is 265 Å². The quantitative estimate of drug-likeness (QED) is 0.407. The number of hydrogen-bond donors (Lipinski definition) is 1. The molecule has 3 aromatic rings. The van der Waals surface area contributed by atoms with E-state index in [1.165, 1.54) is 29.1 Å². The molecule has 4 aliphatic heterocycles. The van der Waals surface area contributed by atoms with E-state index >= 15 is 0 Å². The van der Waals surface area contributed by atoms with Gasteiger partial charge < -0.3 is 33.5 Å². The molecule has 1 aromatic carbocycles. The highest BCUT2D eigenvalue weighted by Gasteiger charge is 2.42. The number of hydrogen-bond acceptors (Lipinski definition) is 8. The minimum absolute atomic E-state index is 0.0412. The predicted molar refractivity (Wildman–Crippen MR) is 158 cm³/mol. The summed E-state index contributed by atoms with van der Waals surface area (Å²) in [5, 5.41) is 8.92. The number of aromatic carboxylic acids is 1. The van der Waals surface area contributed by atoms with Gasteiger partial charge in [-0.1, -0.05) is 6.07 Å². The third-order valence-electron chi connectivity index (χ3n) is 8.67. The fourth-order valence-corrected chi connectivity index (χ4v) is 6.23. The van der Waals surface area contributed by atoms with Crippen LogP contribution < -0.4 is 10.9 Å². The first-order chi connectivity index (χ1) is 22.3. The van der Waals surface area contributed by atoms with Gasteiger partial charge in [0, 0.05) is 37.0 Å². The summed E-state index contributed by atoms with van der Waals surface area (Å²) >= 11 is 0. The number of amides is 2. The summed E-state index contributed by atoms with van der Waals surface area (Å²) in [5.41, 5.74) is -0.960. The normalized spacial score (nSPS) is 22.6. The van der Waals surface area contributed by atoms with E-state index in [-0.39, 0.29) is 71.0 Å². The number of pyridine rings is 2. The van der Waals surface area contributed by atoms with Crippen molar-refractivity contribution < 1.29 is 42.5 Å². The van der Waals surface area contributed by atoms with E-state index in [9.17, 15) is 37.5 Å². The van der Waals surface area contributed by atoms with Crippen LogP contribution >= 0.6 is 0 Å². The number of ether oxygens (including phenoxy) is 2. The zero-order valence-electron chi connectivity index (χ0n) is 25.4. The Kier molecular flexibility index (Phi) is 8.36. The number of rotatable bonds is 5. The zero-order valence-corrected chi connectivity index (χ0v) is 25.4. The van der Waals surface area contributed by atoms with Crippen LogP contribution in [0.4, 0.5) is 8.78 Å². The highest BCUT2D eigenvalue weighted by molar-refractivity contribution is 5.98. The van der Waals surface area contributed by atoms with Gasteiger partial charge in [-0.3, -0.25) is 24.0 Å². The van der Waals surface area contributed by atoms with E-state index in [1.54, 1.807) is 14.4 Å². The van der Waals surface area contributed by atoms with Crippen molar-refractivity contribution in [1.29, 1.82) is 0 Å². The number of ketones is 1. The first-order valence-electron chi connectivity index (χ1n) is 14.9. The molecule has 0 aliphatic carbocycles. The summed E-state index contributed by atoms with van der Waals surface area (Å²) in [6.45, 7) is 5.28. The summed E-state index contributed by atoms with van der Waals surface area (Å²) in [7, 11) is 0. The molecule has 2 saturated heterocycles. The molecule has 13 nitrogen and oxygen atoms in total. The lowest BCUT2D eigenvalue weighted by Crippen LogP contribution is -2.48. The van der Waals surface area contributed by atoms with Crippen LogP contribution in [0.3, 0.4) is 0 Å². The number of halogens is 2. The Bertz CT molecular complexity index is 1940. The lowest BCUT2D eigenvalue weighted by molar-refractivity contribution is 0.00609. The highest BCUT2D eigenvalue weighted by Crippen LogP contribution is 2.27. The van der Waals surface area contributed by atoms with Crippen LogP contribution in [0.5, 0.6) is 0 Å². The van der Waals surface area contributed by atoms with Gasteiger partial charge in [-0.15, -0.1) is 0 Å². The zero-order chi connectivity index (χ0) is 33.7. The van der Waals surface area contributed by atoms with E-state index < -0.39 is 40.5 Å². The summed E-state index contributed by atoms with van der Waals surface area (Å²) in [4.78, 5) is 75.7. The molecule has 0 saturated carbocycles. The first-order valence-corrected chi connectivity index (χ1v) is 14.9. The number of aryl methyl sites for hydroxylation is 1. The summed E-state index contributed by atoms with van der Waals surface area (Å²) < 4.78 is 40.8. The van der Waals surface area contributed by atoms with Crippen molar-refractivity contribution in [1.82, 2.24) is 18.9 Å². The number of carbonyl (C=O) groups is 4. The van der Waals surface area contributed by atoms with E-state index in [1.807, 2.05) is 13.8 Å². The minimum Gasteiger partial charge on any atom is -0.477 e. The van der Waals surface area contributed by atoms with Crippen LogP contribution in [0.15, 0.2) is 52.3 Å². The number of carboxylic acids is 1. The van der Waals surface area contributed by atoms with Crippen LogP contribution in [-0.2, 0) is 29.0 Å². The molecule has 2 amide bonds. The summed E-state index contributed by atoms with van der Waals surface area (Å²) in [6.07, 6.45) is 1.72. The fraction of sp³-hybridized carbons (Fsp3) is 0.375. The Morgan fingerprint density at radius 2 is 1.32 bits per heavy atom. The number of carbonyl (C=O) groups excluding carboxylic acids is 3. The second kappa shape index (κ2) is 12.3. The van der Waals surface area contributed by atoms with E-state index in [0.717, 1.165) is 18.2 Å². The number of nitrogens with zero attached hydrogens (tertiary/aromatic N) is 4. The third-order valence-corrected chi connectivity index (χ3v) is 8.67. The minimum atomic E-state index is -1.30. The van der Waals surface area contributed by atoms with Crippen molar-refractivity contribution in [3.63, 3.8) is 0 Å². The van der Waals surface area contributed by atoms with E-state index in [0.29, 0.717) is 26.3 Å². The molecule has 1 N–H and O–H groups in total. The largest absolute Gasteiger partial charge is 0.477 e. The van der Waals surface area contributed by atoms with Crippen LogP contribution in [0.1, 0.15) is 67.5 Å². The van der Waals surface area contributed by atoms with Gasteiger partial charge in [0.05, 0.1) is 44.0 Å². The van der Waals surface area contributed by atoms with Crippen LogP contribution in [0.25, 0.3) is 0 Å². The summed E-state index contributed by atoms with van der Waals surface area (Å²) in [5.74, 6) is -3.77. The maximum Gasteiger partial charge on any atom is 0.341 e. The number of aromatic nitrogens is 2. The average molecular weight is 653 g/mol. The second-order valence-corrected chi connectivity index (χ2v) is 11.8. The molecule has 7 rings (SSSR count). The molecule has 15 heteroatoms. The van der Waals surface area contributed by atoms with E-state index in [4.69, 9.17) is 14.6 Å². The number of benzene rings is 1. The monoisotopic (exact) mass is 652 g/mol. The molecule has 0 spiro atoms. The molecule has 0 radical (unpaired) electrons. The Hall–Kier alpha value is -5.02. The molecule has 4 atom stereocenters. The SMILES string of the molecule is C[C@H]1CO[C@@H]2Cn3cc(C(=O)CCc4ccc(F)cc4F)c(=O)cc3C(=O)N12.C[C@H]1CO[C@@H]2Cn3cc(C(=O)O)c(=O)cc3C(=O)N12. The number of Topliss-reactive ketones (excluding diaryl/α,β-unsaturated/α-hetero) is 1. The molecule has 2 fully saturated rings. The van der Waals surface area contributed by atoms with Gasteiger partial charge in [-0.2, -0.15) is 0 Å². The Morgan fingerprint density at radius 1 is 0.809 bits per heavy atom. The first kappa shape index (κ1) is 31.9. The maximum absolute atomic E-state index is 13.7. The lowest BCUT2D eigenvalue weighted by atomic mass is 10.0. The molecule has 0 bridgehead atoms. The smallest absolute Gasteiger partial charge is 0.341 e. The average Bonchev–Trinajstić information content (AvgIpc) is 3.59. The van der Waals surface area contributed by atoms with Crippen molar-refractivity contribution in [3.05, 3.63) is 103 Å². The summed E-state index contributed by atoms with van der Waals surface area (Å²) in [6, 6.07) is 5.31. The Morgan fingerprint density at radius 3 is 1.83 bits per heavy atom. The van der Waals surface area contributed by atoms with Crippen molar-refractivity contribution >= 4 is 23.6 Å².